The average Bonchev–Trinajstić information content (AvgIpc) is 3.23. The van der Waals surface area contributed by atoms with Gasteiger partial charge >= 0.3 is 5.97 Å². The summed E-state index contributed by atoms with van der Waals surface area (Å²) in [5, 5.41) is 10.5. The lowest BCUT2D eigenvalue weighted by molar-refractivity contribution is -0.149. The van der Waals surface area contributed by atoms with Crippen molar-refractivity contribution in [1.29, 1.82) is 0 Å². The normalized spacial score (nSPS) is 26.0. The van der Waals surface area contributed by atoms with Crippen LogP contribution in [0.5, 0.6) is 0 Å². The maximum Gasteiger partial charge on any atom is 0.314 e. The number of nitrogens with zero attached hydrogens (tertiary/aromatic N) is 2. The van der Waals surface area contributed by atoms with Crippen LogP contribution in [0.2, 0.25) is 0 Å². The van der Waals surface area contributed by atoms with Gasteiger partial charge in [0.1, 0.15) is 5.41 Å². The van der Waals surface area contributed by atoms with Gasteiger partial charge in [0.05, 0.1) is 28.4 Å². The molecule has 0 bridgehead atoms. The standard InChI is InChI=1S/C17H18N2O4S/c20-15(6-5-14-18-12-3-1-2-4-13(12)24-14)19-7-11-8-23-10-17(11,9-19)16(21)22/h1-4,11H,5-10H2,(H,21,22)/t11-,17-/m1/s1. The second kappa shape index (κ2) is 5.82. The van der Waals surface area contributed by atoms with Crippen LogP contribution < -0.4 is 0 Å². The molecule has 126 valence electrons. The Hall–Kier alpha value is -1.99. The Morgan fingerprint density at radius 2 is 2.25 bits per heavy atom. The van der Waals surface area contributed by atoms with Gasteiger partial charge in [-0.25, -0.2) is 4.98 Å². The lowest BCUT2D eigenvalue weighted by Crippen LogP contribution is -2.40. The number of carboxylic acid groups (broad SMARTS) is 1. The highest BCUT2D eigenvalue weighted by Crippen LogP contribution is 2.41. The van der Waals surface area contributed by atoms with E-state index in [9.17, 15) is 14.7 Å². The van der Waals surface area contributed by atoms with Gasteiger partial charge < -0.3 is 14.7 Å². The fourth-order valence-corrected chi connectivity index (χ4v) is 4.59. The molecule has 0 spiro atoms. The summed E-state index contributed by atoms with van der Waals surface area (Å²) in [5.41, 5.74) is 0.0496. The number of amides is 1. The van der Waals surface area contributed by atoms with Gasteiger partial charge in [-0.1, -0.05) is 12.1 Å². The zero-order valence-electron chi connectivity index (χ0n) is 13.1. The lowest BCUT2D eigenvalue weighted by Gasteiger charge is -2.21. The van der Waals surface area contributed by atoms with Gasteiger partial charge in [-0.05, 0) is 12.1 Å². The fourth-order valence-electron chi connectivity index (χ4n) is 3.63. The molecule has 0 radical (unpaired) electrons. The molecule has 2 saturated heterocycles. The lowest BCUT2D eigenvalue weighted by atomic mass is 9.81. The SMILES string of the molecule is O=C(CCc1nc2ccccc2s1)N1C[C@@H]2COC[C@]2(C(=O)O)C1. The van der Waals surface area contributed by atoms with E-state index in [1.807, 2.05) is 24.3 Å². The first-order valence-corrected chi connectivity index (χ1v) is 8.83. The maximum absolute atomic E-state index is 12.5. The monoisotopic (exact) mass is 346 g/mol. The number of carbonyl (C=O) groups is 2. The number of aliphatic carboxylic acids is 1. The smallest absolute Gasteiger partial charge is 0.314 e. The largest absolute Gasteiger partial charge is 0.481 e. The molecule has 0 unspecified atom stereocenters. The summed E-state index contributed by atoms with van der Waals surface area (Å²) in [6.45, 7) is 1.36. The fraction of sp³-hybridized carbons (Fsp3) is 0.471. The number of rotatable bonds is 4. The van der Waals surface area contributed by atoms with E-state index >= 15 is 0 Å². The number of carbonyl (C=O) groups excluding carboxylic acids is 1. The summed E-state index contributed by atoms with van der Waals surface area (Å²) in [7, 11) is 0. The van der Waals surface area contributed by atoms with Crippen LogP contribution in [-0.4, -0.2) is 53.2 Å². The number of thiazole rings is 1. The van der Waals surface area contributed by atoms with E-state index in [2.05, 4.69) is 4.98 Å². The molecule has 1 N–H and O–H groups in total. The summed E-state index contributed by atoms with van der Waals surface area (Å²) >= 11 is 1.61. The zero-order valence-corrected chi connectivity index (χ0v) is 13.9. The summed E-state index contributed by atoms with van der Waals surface area (Å²) in [5.74, 6) is -0.947. The molecule has 1 aromatic heterocycles. The predicted molar refractivity (Wildman–Crippen MR) is 88.9 cm³/mol. The van der Waals surface area contributed by atoms with E-state index in [1.165, 1.54) is 0 Å². The Labute approximate surface area is 143 Å². The van der Waals surface area contributed by atoms with Crippen molar-refractivity contribution in [2.24, 2.45) is 11.3 Å². The molecule has 2 aliphatic rings. The maximum atomic E-state index is 12.5. The van der Waals surface area contributed by atoms with Gasteiger partial charge in [0.25, 0.3) is 0 Å². The molecule has 1 aromatic carbocycles. The molecule has 2 atom stereocenters. The van der Waals surface area contributed by atoms with Crippen LogP contribution in [0.4, 0.5) is 0 Å². The molecule has 1 amide bonds. The Morgan fingerprint density at radius 1 is 1.42 bits per heavy atom. The highest BCUT2D eigenvalue weighted by Gasteiger charge is 2.57. The van der Waals surface area contributed by atoms with E-state index in [4.69, 9.17) is 4.74 Å². The van der Waals surface area contributed by atoms with Crippen molar-refractivity contribution < 1.29 is 19.4 Å². The highest BCUT2D eigenvalue weighted by atomic mass is 32.1. The number of para-hydroxylation sites is 1. The van der Waals surface area contributed by atoms with Crippen LogP contribution in [0.15, 0.2) is 24.3 Å². The van der Waals surface area contributed by atoms with Gasteiger partial charge in [-0.2, -0.15) is 0 Å². The van der Waals surface area contributed by atoms with Crippen LogP contribution in [-0.2, 0) is 20.7 Å². The number of aryl methyl sites for hydroxylation is 1. The Balaban J connectivity index is 1.41. The highest BCUT2D eigenvalue weighted by molar-refractivity contribution is 7.18. The van der Waals surface area contributed by atoms with E-state index in [0.717, 1.165) is 15.2 Å². The molecule has 7 heteroatoms. The number of hydrogen-bond acceptors (Lipinski definition) is 5. The third kappa shape index (κ3) is 2.48. The molecular formula is C17H18N2O4S. The number of hydrogen-bond donors (Lipinski definition) is 1. The van der Waals surface area contributed by atoms with Crippen LogP contribution in [0.1, 0.15) is 11.4 Å². The van der Waals surface area contributed by atoms with Crippen molar-refractivity contribution in [2.45, 2.75) is 12.8 Å². The Kier molecular flexibility index (Phi) is 3.77. The molecule has 0 saturated carbocycles. The molecule has 2 aromatic rings. The Morgan fingerprint density at radius 3 is 3.00 bits per heavy atom. The summed E-state index contributed by atoms with van der Waals surface area (Å²) in [4.78, 5) is 30.4. The van der Waals surface area contributed by atoms with Crippen molar-refractivity contribution >= 4 is 33.4 Å². The van der Waals surface area contributed by atoms with Crippen LogP contribution in [0.3, 0.4) is 0 Å². The van der Waals surface area contributed by atoms with Gasteiger partial charge in [0, 0.05) is 31.8 Å². The first kappa shape index (κ1) is 15.5. The van der Waals surface area contributed by atoms with Gasteiger partial charge in [-0.3, -0.25) is 9.59 Å². The molecule has 3 heterocycles. The van der Waals surface area contributed by atoms with Crippen molar-refractivity contribution in [3.63, 3.8) is 0 Å². The average molecular weight is 346 g/mol. The molecule has 2 aliphatic heterocycles. The molecule has 4 rings (SSSR count). The van der Waals surface area contributed by atoms with Gasteiger partial charge in [-0.15, -0.1) is 11.3 Å². The van der Waals surface area contributed by atoms with E-state index < -0.39 is 11.4 Å². The third-order valence-corrected chi connectivity index (χ3v) is 6.14. The van der Waals surface area contributed by atoms with Crippen LogP contribution in [0.25, 0.3) is 10.2 Å². The van der Waals surface area contributed by atoms with Crippen molar-refractivity contribution in [3.8, 4) is 0 Å². The number of aromatic nitrogens is 1. The zero-order chi connectivity index (χ0) is 16.7. The molecular weight excluding hydrogens is 328 g/mol. The van der Waals surface area contributed by atoms with Crippen molar-refractivity contribution in [3.05, 3.63) is 29.3 Å². The van der Waals surface area contributed by atoms with Gasteiger partial charge in [0.2, 0.25) is 5.91 Å². The van der Waals surface area contributed by atoms with Crippen molar-refractivity contribution in [2.75, 3.05) is 26.3 Å². The molecule has 2 fully saturated rings. The summed E-state index contributed by atoms with van der Waals surface area (Å²) < 4.78 is 6.46. The second-order valence-electron chi connectivity index (χ2n) is 6.52. The molecule has 6 nitrogen and oxygen atoms in total. The third-order valence-electron chi connectivity index (χ3n) is 5.04. The molecule has 24 heavy (non-hydrogen) atoms. The number of ether oxygens (including phenoxy) is 1. The minimum Gasteiger partial charge on any atom is -0.481 e. The number of likely N-dealkylation sites (tertiary alicyclic amines) is 1. The number of benzene rings is 1. The predicted octanol–water partition coefficient (Wildman–Crippen LogP) is 1.79. The second-order valence-corrected chi connectivity index (χ2v) is 7.64. The number of fused-ring (bicyclic) bond motifs is 2. The summed E-state index contributed by atoms with van der Waals surface area (Å²) in [6, 6.07) is 7.92. The minimum absolute atomic E-state index is 0.00396. The quantitative estimate of drug-likeness (QED) is 0.913. The van der Waals surface area contributed by atoms with E-state index in [0.29, 0.717) is 26.0 Å². The first-order chi connectivity index (χ1) is 11.6. The van der Waals surface area contributed by atoms with Gasteiger partial charge in [0.15, 0.2) is 0 Å². The number of carboxylic acids is 1. The van der Waals surface area contributed by atoms with E-state index in [1.54, 1.807) is 16.2 Å². The summed E-state index contributed by atoms with van der Waals surface area (Å²) in [6.07, 6.45) is 0.957. The molecule has 0 aliphatic carbocycles. The minimum atomic E-state index is -0.911. The van der Waals surface area contributed by atoms with Crippen LogP contribution in [0, 0.1) is 11.3 Å². The first-order valence-electron chi connectivity index (χ1n) is 8.02. The Bertz CT molecular complexity index is 772. The van der Waals surface area contributed by atoms with E-state index in [-0.39, 0.29) is 25.0 Å². The van der Waals surface area contributed by atoms with Crippen LogP contribution >= 0.6 is 11.3 Å². The van der Waals surface area contributed by atoms with Crippen molar-refractivity contribution in [1.82, 2.24) is 9.88 Å². The topological polar surface area (TPSA) is 79.7 Å².